The Morgan fingerprint density at radius 2 is 1.76 bits per heavy atom. The largest absolute Gasteiger partial charge is 1.00 e. The van der Waals surface area contributed by atoms with Crippen LogP contribution in [0.4, 0.5) is 5.69 Å². The molecule has 4 rings (SSSR count). The van der Waals surface area contributed by atoms with Gasteiger partial charge in [0.05, 0.1) is 35.2 Å². The van der Waals surface area contributed by atoms with Crippen molar-refractivity contribution >= 4 is 44.6 Å². The molecule has 8 nitrogen and oxygen atoms in total. The van der Waals surface area contributed by atoms with Crippen molar-refractivity contribution in [3.63, 3.8) is 0 Å². The Hall–Kier alpha value is -3.56. The summed E-state index contributed by atoms with van der Waals surface area (Å²) in [6.45, 7) is 7.51. The van der Waals surface area contributed by atoms with Crippen LogP contribution in [0.5, 0.6) is 5.75 Å². The zero-order valence-electron chi connectivity index (χ0n) is 22.2. The van der Waals surface area contributed by atoms with E-state index in [2.05, 4.69) is 4.85 Å². The van der Waals surface area contributed by atoms with Gasteiger partial charge in [-0.15, -0.1) is 0 Å². The number of benzene rings is 3. The minimum Gasteiger partial charge on any atom is -0.747 e. The van der Waals surface area contributed by atoms with Gasteiger partial charge < -0.3 is 14.2 Å². The van der Waals surface area contributed by atoms with Crippen LogP contribution in [0.15, 0.2) is 102 Å². The van der Waals surface area contributed by atoms with E-state index in [0.717, 1.165) is 0 Å². The monoisotopic (exact) mass is 624 g/mol. The van der Waals surface area contributed by atoms with Crippen LogP contribution in [-0.2, 0) is 10.1 Å². The predicted molar refractivity (Wildman–Crippen MR) is 155 cm³/mol. The maximum Gasteiger partial charge on any atom is 1.00 e. The standard InChI is InChI=1S/C30H20Cl2N4O4S.Na/c1-35-25(19-34)30(21-8-5-9-23(31)16-21)22(18-33)10-13-29-36(26-17-24(32)11-12-27(26)40-29)15-14-28(41(37,38)39)20-6-3-2-4-7-20;/h2-13,16-17,28H,14-15H2,(H,37,38,39);/q;+1/p-1/b22-10+,29-13-,30-25+;. The van der Waals surface area contributed by atoms with E-state index >= 15 is 0 Å². The number of nitrogens with zero attached hydrogens (tertiary/aromatic N) is 4. The fraction of sp³-hybridized carbons (Fsp3) is 0.100. The summed E-state index contributed by atoms with van der Waals surface area (Å²) in [6.07, 6.45) is 2.80. The van der Waals surface area contributed by atoms with Crippen LogP contribution in [0, 0.1) is 29.2 Å². The smallest absolute Gasteiger partial charge is 0.747 e. The Bertz CT molecular complexity index is 1810. The minimum absolute atomic E-state index is 0. The zero-order valence-corrected chi connectivity index (χ0v) is 26.5. The van der Waals surface area contributed by atoms with E-state index in [-0.39, 0.29) is 65.2 Å². The first-order valence-corrected chi connectivity index (χ1v) is 14.2. The summed E-state index contributed by atoms with van der Waals surface area (Å²) in [7, 11) is -4.70. The molecule has 12 heteroatoms. The van der Waals surface area contributed by atoms with Gasteiger partial charge in [-0.25, -0.2) is 18.5 Å². The summed E-state index contributed by atoms with van der Waals surface area (Å²) < 4.78 is 42.5. The fourth-order valence-electron chi connectivity index (χ4n) is 4.35. The summed E-state index contributed by atoms with van der Waals surface area (Å²) in [5.74, 6) is 0.648. The first kappa shape index (κ1) is 32.9. The molecule has 1 aliphatic rings. The number of ether oxygens (including phenoxy) is 1. The summed E-state index contributed by atoms with van der Waals surface area (Å²) in [5.41, 5.74) is 1.09. The third kappa shape index (κ3) is 7.63. The summed E-state index contributed by atoms with van der Waals surface area (Å²) in [5, 5.41) is 19.1. The molecule has 204 valence electrons. The SMILES string of the molecule is [C-]#[N+]/C(C#N)=C(/C(C#N)=C/C=C1\Oc2ccc(Cl)cc2N1CCC(c1ccccc1)S(=O)(=O)[O-])c1cccc(Cl)c1.[Na+]. The average Bonchev–Trinajstić information content (AvgIpc) is 3.29. The second kappa shape index (κ2) is 14.6. The van der Waals surface area contributed by atoms with Gasteiger partial charge >= 0.3 is 29.6 Å². The second-order valence-corrected chi connectivity index (χ2v) is 11.1. The second-order valence-electron chi connectivity index (χ2n) is 8.70. The molecule has 1 atom stereocenters. The third-order valence-corrected chi connectivity index (χ3v) is 7.85. The quantitative estimate of drug-likeness (QED) is 0.122. The van der Waals surface area contributed by atoms with E-state index in [4.69, 9.17) is 34.5 Å². The number of anilines is 1. The number of hydrogen-bond acceptors (Lipinski definition) is 7. The Morgan fingerprint density at radius 3 is 2.38 bits per heavy atom. The molecule has 42 heavy (non-hydrogen) atoms. The Balaban J connectivity index is 0.00000484. The van der Waals surface area contributed by atoms with Crippen molar-refractivity contribution in [3.8, 4) is 17.9 Å². The van der Waals surface area contributed by atoms with Gasteiger partial charge in [0.25, 0.3) is 5.70 Å². The number of allylic oxidation sites excluding steroid dienone is 5. The van der Waals surface area contributed by atoms with Crippen LogP contribution < -0.4 is 39.2 Å². The summed E-state index contributed by atoms with van der Waals surface area (Å²) in [6, 6.07) is 23.4. The van der Waals surface area contributed by atoms with Gasteiger partial charge in [-0.05, 0) is 54.0 Å². The minimum atomic E-state index is -4.70. The number of rotatable bonds is 8. The van der Waals surface area contributed by atoms with Crippen LogP contribution in [0.1, 0.15) is 22.8 Å². The molecule has 1 aliphatic heterocycles. The molecular formula is C30H19Cl2N4NaO4S. The number of fused-ring (bicyclic) bond motifs is 1. The molecule has 0 radical (unpaired) electrons. The molecule has 0 fully saturated rings. The Kier molecular flexibility index (Phi) is 11.4. The third-order valence-electron chi connectivity index (χ3n) is 6.18. The van der Waals surface area contributed by atoms with Crippen molar-refractivity contribution in [1.29, 1.82) is 10.5 Å². The number of hydrogen-bond donors (Lipinski definition) is 0. The summed E-state index contributed by atoms with van der Waals surface area (Å²) >= 11 is 12.4. The van der Waals surface area contributed by atoms with E-state index in [9.17, 15) is 23.5 Å². The summed E-state index contributed by atoms with van der Waals surface area (Å²) in [4.78, 5) is 4.94. The maximum atomic E-state index is 12.2. The molecule has 0 N–H and O–H groups in total. The van der Waals surface area contributed by atoms with Crippen molar-refractivity contribution in [2.24, 2.45) is 0 Å². The van der Waals surface area contributed by atoms with Crippen molar-refractivity contribution in [3.05, 3.63) is 135 Å². The van der Waals surface area contributed by atoms with Crippen LogP contribution in [0.3, 0.4) is 0 Å². The topological polar surface area (TPSA) is 122 Å². The molecule has 1 unspecified atom stereocenters. The van der Waals surface area contributed by atoms with E-state index < -0.39 is 15.4 Å². The maximum absolute atomic E-state index is 12.2. The van der Waals surface area contributed by atoms with Gasteiger partial charge in [-0.3, -0.25) is 0 Å². The van der Waals surface area contributed by atoms with E-state index in [1.54, 1.807) is 77.7 Å². The van der Waals surface area contributed by atoms with Crippen molar-refractivity contribution in [2.75, 3.05) is 11.4 Å². The van der Waals surface area contributed by atoms with E-state index in [1.807, 2.05) is 12.1 Å². The Labute approximate surface area is 276 Å². The molecule has 0 spiro atoms. The first-order valence-electron chi connectivity index (χ1n) is 12.0. The zero-order chi connectivity index (χ0) is 29.6. The number of nitriles is 2. The molecule has 0 aromatic heterocycles. The molecule has 0 saturated heterocycles. The van der Waals surface area contributed by atoms with Gasteiger partial charge in [-0.1, -0.05) is 65.7 Å². The van der Waals surface area contributed by atoms with Crippen molar-refractivity contribution in [1.82, 2.24) is 0 Å². The van der Waals surface area contributed by atoms with Gasteiger partial charge in [0, 0.05) is 28.2 Å². The molecule has 1 heterocycles. The molecule has 3 aromatic rings. The fourth-order valence-corrected chi connectivity index (χ4v) is 5.59. The van der Waals surface area contributed by atoms with Crippen molar-refractivity contribution in [2.45, 2.75) is 11.7 Å². The van der Waals surface area contributed by atoms with Crippen molar-refractivity contribution < 1.29 is 47.3 Å². The van der Waals surface area contributed by atoms with E-state index in [1.165, 1.54) is 12.2 Å². The van der Waals surface area contributed by atoms with Crippen LogP contribution in [0.2, 0.25) is 10.0 Å². The Morgan fingerprint density at radius 1 is 1.05 bits per heavy atom. The molecule has 0 saturated carbocycles. The molecule has 0 bridgehead atoms. The average molecular weight is 625 g/mol. The first-order chi connectivity index (χ1) is 19.7. The van der Waals surface area contributed by atoms with Crippen LogP contribution in [-0.4, -0.2) is 19.5 Å². The van der Waals surface area contributed by atoms with Gasteiger partial charge in [0.2, 0.25) is 5.88 Å². The molecule has 0 amide bonds. The van der Waals surface area contributed by atoms with Gasteiger partial charge in [0.1, 0.15) is 10.1 Å². The predicted octanol–water partition coefficient (Wildman–Crippen LogP) is 4.02. The van der Waals surface area contributed by atoms with Crippen LogP contribution >= 0.6 is 23.2 Å². The number of halogens is 2. The van der Waals surface area contributed by atoms with Gasteiger partial charge in [0.15, 0.2) is 5.75 Å². The van der Waals surface area contributed by atoms with Crippen LogP contribution in [0.25, 0.3) is 10.4 Å². The molecule has 3 aromatic carbocycles. The molecular weight excluding hydrogens is 606 g/mol. The van der Waals surface area contributed by atoms with Gasteiger partial charge in [-0.2, -0.15) is 5.26 Å². The van der Waals surface area contributed by atoms with E-state index in [0.29, 0.717) is 32.6 Å². The molecule has 0 aliphatic carbocycles. The normalized spacial score (nSPS) is 14.8.